The lowest BCUT2D eigenvalue weighted by molar-refractivity contribution is -0.384. The highest BCUT2D eigenvalue weighted by atomic mass is 32.2. The number of nitrogens with one attached hydrogen (secondary N) is 1. The van der Waals surface area contributed by atoms with Crippen LogP contribution in [0.1, 0.15) is 0 Å². The molecular formula is C15H16N2O4S2. The zero-order valence-corrected chi connectivity index (χ0v) is 14.1. The standard InChI is InChI=1S/C15H16N2O4S2/c1-23(20,21)13-7-8-14(15(11-13)17(18)19)16-9-10-22-12-5-3-2-4-6-12/h2-8,11,16H,9-10H2,1H3. The molecule has 0 amide bonds. The summed E-state index contributed by atoms with van der Waals surface area (Å²) in [6.45, 7) is 0.526. The van der Waals surface area contributed by atoms with E-state index in [1.807, 2.05) is 30.3 Å². The first-order valence-electron chi connectivity index (χ1n) is 6.78. The topological polar surface area (TPSA) is 89.3 Å². The fourth-order valence-corrected chi connectivity index (χ4v) is 3.34. The molecule has 2 rings (SSSR count). The Hall–Kier alpha value is -2.06. The summed E-state index contributed by atoms with van der Waals surface area (Å²) in [6.07, 6.45) is 1.02. The van der Waals surface area contributed by atoms with Gasteiger partial charge in [0.25, 0.3) is 5.69 Å². The highest BCUT2D eigenvalue weighted by Crippen LogP contribution is 2.27. The smallest absolute Gasteiger partial charge is 0.293 e. The van der Waals surface area contributed by atoms with E-state index in [9.17, 15) is 18.5 Å². The number of nitro benzene ring substituents is 1. The van der Waals surface area contributed by atoms with Crippen LogP contribution in [0.5, 0.6) is 0 Å². The Morgan fingerprint density at radius 3 is 2.48 bits per heavy atom. The van der Waals surface area contributed by atoms with Gasteiger partial charge in [0.15, 0.2) is 9.84 Å². The number of hydrogen-bond acceptors (Lipinski definition) is 6. The Kier molecular flexibility index (Phi) is 5.62. The highest BCUT2D eigenvalue weighted by Gasteiger charge is 2.18. The van der Waals surface area contributed by atoms with Gasteiger partial charge in [-0.15, -0.1) is 11.8 Å². The Morgan fingerprint density at radius 2 is 1.87 bits per heavy atom. The molecule has 1 N–H and O–H groups in total. The SMILES string of the molecule is CS(=O)(=O)c1ccc(NCCSc2ccccc2)c([N+](=O)[O-])c1. The summed E-state index contributed by atoms with van der Waals surface area (Å²) in [6, 6.07) is 13.7. The Labute approximate surface area is 139 Å². The van der Waals surface area contributed by atoms with Gasteiger partial charge in [-0.25, -0.2) is 8.42 Å². The van der Waals surface area contributed by atoms with Gasteiger partial charge in [-0.05, 0) is 24.3 Å². The van der Waals surface area contributed by atoms with Crippen molar-refractivity contribution >= 4 is 33.0 Å². The number of hydrogen-bond donors (Lipinski definition) is 1. The molecule has 6 nitrogen and oxygen atoms in total. The van der Waals surface area contributed by atoms with Gasteiger partial charge >= 0.3 is 0 Å². The third-order valence-corrected chi connectivity index (χ3v) is 5.15. The zero-order chi connectivity index (χ0) is 16.9. The lowest BCUT2D eigenvalue weighted by Gasteiger charge is -2.08. The predicted octanol–water partition coefficient (Wildman–Crippen LogP) is 3.20. The van der Waals surface area contributed by atoms with Crippen molar-refractivity contribution < 1.29 is 13.3 Å². The third-order valence-electron chi connectivity index (χ3n) is 3.02. The van der Waals surface area contributed by atoms with Crippen LogP contribution in [-0.2, 0) is 9.84 Å². The van der Waals surface area contributed by atoms with Crippen LogP contribution in [-0.4, -0.2) is 31.9 Å². The molecule has 0 aliphatic heterocycles. The van der Waals surface area contributed by atoms with Crippen LogP contribution < -0.4 is 5.32 Å². The van der Waals surface area contributed by atoms with Crippen LogP contribution in [0.3, 0.4) is 0 Å². The maximum atomic E-state index is 11.5. The number of sulfone groups is 1. The van der Waals surface area contributed by atoms with Crippen molar-refractivity contribution in [2.75, 3.05) is 23.9 Å². The molecule has 0 aromatic heterocycles. The molecule has 0 bridgehead atoms. The van der Waals surface area contributed by atoms with Crippen LogP contribution in [0.25, 0.3) is 0 Å². The summed E-state index contributed by atoms with van der Waals surface area (Å²) in [5.41, 5.74) is 0.0775. The van der Waals surface area contributed by atoms with E-state index in [0.29, 0.717) is 12.2 Å². The van der Waals surface area contributed by atoms with Gasteiger partial charge in [0.2, 0.25) is 0 Å². The van der Waals surface area contributed by atoms with Gasteiger partial charge in [-0.3, -0.25) is 10.1 Å². The van der Waals surface area contributed by atoms with Crippen molar-refractivity contribution in [3.63, 3.8) is 0 Å². The molecule has 23 heavy (non-hydrogen) atoms. The van der Waals surface area contributed by atoms with Crippen LogP contribution in [0.15, 0.2) is 58.3 Å². The van der Waals surface area contributed by atoms with E-state index in [1.165, 1.54) is 12.1 Å². The van der Waals surface area contributed by atoms with E-state index < -0.39 is 14.8 Å². The minimum absolute atomic E-state index is 0.0617. The van der Waals surface area contributed by atoms with Crippen molar-refractivity contribution in [1.29, 1.82) is 0 Å². The summed E-state index contributed by atoms with van der Waals surface area (Å²) in [4.78, 5) is 11.6. The van der Waals surface area contributed by atoms with Gasteiger partial charge in [0, 0.05) is 29.5 Å². The van der Waals surface area contributed by atoms with Crippen LogP contribution in [0.2, 0.25) is 0 Å². The second-order valence-electron chi connectivity index (χ2n) is 4.80. The van der Waals surface area contributed by atoms with Gasteiger partial charge < -0.3 is 5.32 Å². The van der Waals surface area contributed by atoms with Gasteiger partial charge in [0.1, 0.15) is 5.69 Å². The molecule has 0 aliphatic carbocycles. The van der Waals surface area contributed by atoms with Crippen LogP contribution in [0.4, 0.5) is 11.4 Å². The summed E-state index contributed by atoms with van der Waals surface area (Å²) in [5.74, 6) is 0.731. The molecule has 8 heteroatoms. The molecule has 0 aliphatic rings. The lowest BCUT2D eigenvalue weighted by Crippen LogP contribution is -2.07. The molecule has 2 aromatic carbocycles. The molecule has 0 saturated carbocycles. The molecule has 0 fully saturated rings. The Morgan fingerprint density at radius 1 is 1.17 bits per heavy atom. The Balaban J connectivity index is 2.03. The first-order valence-corrected chi connectivity index (χ1v) is 9.66. The predicted molar refractivity (Wildman–Crippen MR) is 91.9 cm³/mol. The average Bonchev–Trinajstić information content (AvgIpc) is 2.51. The second kappa shape index (κ2) is 7.47. The molecule has 0 atom stereocenters. The number of nitrogens with zero attached hydrogens (tertiary/aromatic N) is 1. The molecule has 0 spiro atoms. The normalized spacial score (nSPS) is 11.2. The summed E-state index contributed by atoms with van der Waals surface area (Å²) < 4.78 is 23.0. The maximum absolute atomic E-state index is 11.5. The van der Waals surface area contributed by atoms with E-state index in [-0.39, 0.29) is 10.6 Å². The fraction of sp³-hybridized carbons (Fsp3) is 0.200. The molecule has 122 valence electrons. The molecule has 2 aromatic rings. The lowest BCUT2D eigenvalue weighted by atomic mass is 10.2. The molecule has 0 saturated heterocycles. The quantitative estimate of drug-likeness (QED) is 0.356. The number of nitro groups is 1. The van der Waals surface area contributed by atoms with E-state index in [4.69, 9.17) is 0 Å². The monoisotopic (exact) mass is 352 g/mol. The van der Waals surface area contributed by atoms with Gasteiger partial charge in [-0.1, -0.05) is 18.2 Å². The molecule has 0 unspecified atom stereocenters. The van der Waals surface area contributed by atoms with Crippen molar-refractivity contribution in [3.05, 3.63) is 58.6 Å². The minimum Gasteiger partial charge on any atom is -0.379 e. The summed E-state index contributed by atoms with van der Waals surface area (Å²) >= 11 is 1.63. The highest BCUT2D eigenvalue weighted by molar-refractivity contribution is 7.99. The van der Waals surface area contributed by atoms with E-state index in [2.05, 4.69) is 5.32 Å². The zero-order valence-electron chi connectivity index (χ0n) is 12.4. The van der Waals surface area contributed by atoms with E-state index in [1.54, 1.807) is 11.8 Å². The number of thioether (sulfide) groups is 1. The third kappa shape index (κ3) is 4.97. The largest absolute Gasteiger partial charge is 0.379 e. The second-order valence-corrected chi connectivity index (χ2v) is 7.98. The van der Waals surface area contributed by atoms with Crippen molar-refractivity contribution in [1.82, 2.24) is 0 Å². The van der Waals surface area contributed by atoms with Gasteiger partial charge in [0.05, 0.1) is 9.82 Å². The Bertz CT molecular complexity index is 792. The molecule has 0 radical (unpaired) electrons. The molecular weight excluding hydrogens is 336 g/mol. The summed E-state index contributed by atoms with van der Waals surface area (Å²) in [5, 5.41) is 14.1. The number of benzene rings is 2. The van der Waals surface area contributed by atoms with Gasteiger partial charge in [-0.2, -0.15) is 0 Å². The van der Waals surface area contributed by atoms with Crippen LogP contribution in [0, 0.1) is 10.1 Å². The maximum Gasteiger partial charge on any atom is 0.293 e. The van der Waals surface area contributed by atoms with Crippen molar-refractivity contribution in [3.8, 4) is 0 Å². The summed E-state index contributed by atoms with van der Waals surface area (Å²) in [7, 11) is -3.47. The molecule has 0 heterocycles. The van der Waals surface area contributed by atoms with E-state index in [0.717, 1.165) is 23.0 Å². The fourth-order valence-electron chi connectivity index (χ4n) is 1.91. The first kappa shape index (κ1) is 17.3. The van der Waals surface area contributed by atoms with Crippen molar-refractivity contribution in [2.45, 2.75) is 9.79 Å². The minimum atomic E-state index is -3.47. The van der Waals surface area contributed by atoms with E-state index >= 15 is 0 Å². The number of anilines is 1. The van der Waals surface area contributed by atoms with Crippen molar-refractivity contribution in [2.24, 2.45) is 0 Å². The first-order chi connectivity index (χ1) is 10.9. The average molecular weight is 352 g/mol. The van der Waals surface area contributed by atoms with Crippen LogP contribution >= 0.6 is 11.8 Å². The number of rotatable bonds is 7.